The molecule has 68 valence electrons. The highest BCUT2D eigenvalue weighted by molar-refractivity contribution is 7.09. The molecular weight excluding hydrogens is 174 g/mol. The summed E-state index contributed by atoms with van der Waals surface area (Å²) in [7, 11) is 0. The molecule has 5 heteroatoms. The van der Waals surface area contributed by atoms with Gasteiger partial charge in [0.05, 0.1) is 6.61 Å². The summed E-state index contributed by atoms with van der Waals surface area (Å²) in [6.45, 7) is 4.02. The average Bonchev–Trinajstić information content (AvgIpc) is 2.52. The smallest absolute Gasteiger partial charge is 0.202 e. The van der Waals surface area contributed by atoms with Crippen molar-refractivity contribution in [3.63, 3.8) is 0 Å². The molecule has 0 bridgehead atoms. The van der Waals surface area contributed by atoms with Crippen LogP contribution in [0.1, 0.15) is 19.7 Å². The molecule has 2 N–H and O–H groups in total. The maximum absolute atomic E-state index is 8.75. The van der Waals surface area contributed by atoms with Crippen LogP contribution in [0.15, 0.2) is 0 Å². The second-order valence-electron chi connectivity index (χ2n) is 2.60. The molecule has 0 aromatic carbocycles. The van der Waals surface area contributed by atoms with Gasteiger partial charge in [-0.25, -0.2) is 4.98 Å². The van der Waals surface area contributed by atoms with Crippen molar-refractivity contribution in [2.24, 2.45) is 0 Å². The van der Waals surface area contributed by atoms with E-state index in [1.165, 1.54) is 11.5 Å². The minimum atomic E-state index is 0.0441. The van der Waals surface area contributed by atoms with Gasteiger partial charge in [0.2, 0.25) is 5.13 Å². The third kappa shape index (κ3) is 2.42. The number of aliphatic hydroxyl groups is 1. The summed E-state index contributed by atoms with van der Waals surface area (Å²) in [6.07, 6.45) is 0.853. The lowest BCUT2D eigenvalue weighted by atomic mass is 10.4. The molecule has 1 heterocycles. The third-order valence-corrected chi connectivity index (χ3v) is 2.11. The van der Waals surface area contributed by atoms with Gasteiger partial charge in [0, 0.05) is 24.0 Å². The molecule has 0 saturated carbocycles. The van der Waals surface area contributed by atoms with E-state index in [4.69, 9.17) is 5.11 Å². The Bertz CT molecular complexity index is 238. The Morgan fingerprint density at radius 1 is 1.67 bits per heavy atom. The highest BCUT2D eigenvalue weighted by Gasteiger charge is 2.04. The Balaban J connectivity index is 2.52. The van der Waals surface area contributed by atoms with E-state index in [2.05, 4.69) is 14.7 Å². The third-order valence-electron chi connectivity index (χ3n) is 1.43. The van der Waals surface area contributed by atoms with Gasteiger partial charge >= 0.3 is 0 Å². The fourth-order valence-corrected chi connectivity index (χ4v) is 1.47. The maximum atomic E-state index is 8.75. The fraction of sp³-hybridized carbons (Fsp3) is 0.714. The summed E-state index contributed by atoms with van der Waals surface area (Å²) in [5.74, 6) is 0.854. The predicted octanol–water partition coefficient (Wildman–Crippen LogP) is 0.893. The highest BCUT2D eigenvalue weighted by Crippen LogP contribution is 2.11. The van der Waals surface area contributed by atoms with E-state index < -0.39 is 0 Å². The molecule has 1 rings (SSSR count). The number of hydrogen-bond donors (Lipinski definition) is 2. The number of rotatable bonds is 4. The molecule has 0 radical (unpaired) electrons. The van der Waals surface area contributed by atoms with Crippen molar-refractivity contribution in [3.05, 3.63) is 5.82 Å². The van der Waals surface area contributed by atoms with Gasteiger partial charge in [-0.3, -0.25) is 0 Å². The van der Waals surface area contributed by atoms with Crippen LogP contribution in [0.3, 0.4) is 0 Å². The molecule has 0 saturated heterocycles. The van der Waals surface area contributed by atoms with Gasteiger partial charge in [0.15, 0.2) is 0 Å². The Hall–Kier alpha value is -0.680. The fourth-order valence-electron chi connectivity index (χ4n) is 0.713. The summed E-state index contributed by atoms with van der Waals surface area (Å²) in [5, 5.41) is 12.6. The van der Waals surface area contributed by atoms with E-state index in [0.717, 1.165) is 17.4 Å². The zero-order valence-electron chi connectivity index (χ0n) is 7.24. The van der Waals surface area contributed by atoms with Gasteiger partial charge in [0.1, 0.15) is 5.82 Å². The number of aryl methyl sites for hydroxylation is 1. The van der Waals surface area contributed by atoms with Gasteiger partial charge in [-0.2, -0.15) is 4.37 Å². The number of nitrogens with one attached hydrogen (secondary N) is 1. The van der Waals surface area contributed by atoms with E-state index in [1.807, 2.05) is 13.8 Å². The van der Waals surface area contributed by atoms with Crippen LogP contribution < -0.4 is 5.32 Å². The van der Waals surface area contributed by atoms with E-state index in [9.17, 15) is 0 Å². The molecule has 0 fully saturated rings. The number of aliphatic hydroxyl groups excluding tert-OH is 1. The molecule has 1 aromatic heterocycles. The van der Waals surface area contributed by atoms with Crippen LogP contribution in [0.25, 0.3) is 0 Å². The Labute approximate surface area is 75.8 Å². The van der Waals surface area contributed by atoms with Crippen LogP contribution in [0.4, 0.5) is 5.13 Å². The van der Waals surface area contributed by atoms with Crippen molar-refractivity contribution >= 4 is 16.7 Å². The maximum Gasteiger partial charge on any atom is 0.202 e. The van der Waals surface area contributed by atoms with Crippen molar-refractivity contribution in [1.82, 2.24) is 9.36 Å². The number of hydrogen-bond acceptors (Lipinski definition) is 5. The van der Waals surface area contributed by atoms with E-state index >= 15 is 0 Å². The molecule has 1 aromatic rings. The second-order valence-corrected chi connectivity index (χ2v) is 3.35. The predicted molar refractivity (Wildman–Crippen MR) is 49.5 cm³/mol. The van der Waals surface area contributed by atoms with Gasteiger partial charge in [-0.1, -0.05) is 6.92 Å². The van der Waals surface area contributed by atoms with Crippen molar-refractivity contribution < 1.29 is 5.11 Å². The summed E-state index contributed by atoms with van der Waals surface area (Å²) in [6, 6.07) is 0.0441. The monoisotopic (exact) mass is 187 g/mol. The number of nitrogens with zero attached hydrogens (tertiary/aromatic N) is 2. The topological polar surface area (TPSA) is 58.0 Å². The lowest BCUT2D eigenvalue weighted by Crippen LogP contribution is -2.18. The Morgan fingerprint density at radius 2 is 2.42 bits per heavy atom. The summed E-state index contributed by atoms with van der Waals surface area (Å²) in [5.41, 5.74) is 0. The highest BCUT2D eigenvalue weighted by atomic mass is 32.1. The minimum Gasteiger partial charge on any atom is -0.394 e. The van der Waals surface area contributed by atoms with Gasteiger partial charge < -0.3 is 10.4 Å². The van der Waals surface area contributed by atoms with Crippen molar-refractivity contribution in [2.75, 3.05) is 11.9 Å². The van der Waals surface area contributed by atoms with Crippen LogP contribution in [-0.2, 0) is 6.42 Å². The first-order valence-electron chi connectivity index (χ1n) is 3.96. The Morgan fingerprint density at radius 3 is 2.92 bits per heavy atom. The largest absolute Gasteiger partial charge is 0.394 e. The molecule has 12 heavy (non-hydrogen) atoms. The molecular formula is C7H13N3OS. The van der Waals surface area contributed by atoms with E-state index in [1.54, 1.807) is 0 Å². The zero-order chi connectivity index (χ0) is 8.97. The quantitative estimate of drug-likeness (QED) is 0.735. The number of aromatic nitrogens is 2. The van der Waals surface area contributed by atoms with E-state index in [-0.39, 0.29) is 12.6 Å². The zero-order valence-corrected chi connectivity index (χ0v) is 8.06. The molecule has 0 aliphatic carbocycles. The molecule has 0 aliphatic rings. The van der Waals surface area contributed by atoms with Gasteiger partial charge in [-0.15, -0.1) is 0 Å². The molecule has 0 spiro atoms. The van der Waals surface area contributed by atoms with Crippen LogP contribution in [0.2, 0.25) is 0 Å². The standard InChI is InChI=1S/C7H13N3OS/c1-3-6-9-7(12-10-6)8-5(2)4-11/h5,11H,3-4H2,1-2H3,(H,8,9,10). The van der Waals surface area contributed by atoms with Crippen LogP contribution >= 0.6 is 11.5 Å². The molecule has 0 aliphatic heterocycles. The lowest BCUT2D eigenvalue weighted by molar-refractivity contribution is 0.281. The lowest BCUT2D eigenvalue weighted by Gasteiger charge is -2.07. The average molecular weight is 187 g/mol. The molecule has 1 atom stereocenters. The normalized spacial score (nSPS) is 12.9. The van der Waals surface area contributed by atoms with Crippen molar-refractivity contribution in [2.45, 2.75) is 26.3 Å². The number of anilines is 1. The molecule has 0 amide bonds. The van der Waals surface area contributed by atoms with Crippen LogP contribution in [0.5, 0.6) is 0 Å². The van der Waals surface area contributed by atoms with Crippen LogP contribution in [-0.4, -0.2) is 27.1 Å². The first kappa shape index (κ1) is 9.41. The summed E-state index contributed by atoms with van der Waals surface area (Å²) < 4.78 is 4.11. The first-order chi connectivity index (χ1) is 5.76. The van der Waals surface area contributed by atoms with Gasteiger partial charge in [-0.05, 0) is 6.92 Å². The molecule has 4 nitrogen and oxygen atoms in total. The second kappa shape index (κ2) is 4.37. The minimum absolute atomic E-state index is 0.0441. The molecule has 1 unspecified atom stereocenters. The van der Waals surface area contributed by atoms with Crippen molar-refractivity contribution in [1.29, 1.82) is 0 Å². The van der Waals surface area contributed by atoms with Crippen LogP contribution in [0, 0.1) is 0 Å². The van der Waals surface area contributed by atoms with Gasteiger partial charge in [0.25, 0.3) is 0 Å². The summed E-state index contributed by atoms with van der Waals surface area (Å²) in [4.78, 5) is 4.20. The Kier molecular flexibility index (Phi) is 3.43. The van der Waals surface area contributed by atoms with Crippen molar-refractivity contribution in [3.8, 4) is 0 Å². The van der Waals surface area contributed by atoms with E-state index in [0.29, 0.717) is 0 Å². The SMILES string of the molecule is CCc1nsc(NC(C)CO)n1. The first-order valence-corrected chi connectivity index (χ1v) is 4.73. The summed E-state index contributed by atoms with van der Waals surface area (Å²) >= 11 is 1.33.